The van der Waals surface area contributed by atoms with Gasteiger partial charge in [0.05, 0.1) is 6.61 Å². The summed E-state index contributed by atoms with van der Waals surface area (Å²) in [7, 11) is 0. The van der Waals surface area contributed by atoms with E-state index in [1.165, 1.54) is 18.0 Å². The molecule has 5 nitrogen and oxygen atoms in total. The second kappa shape index (κ2) is 7.28. The predicted molar refractivity (Wildman–Crippen MR) is 83.4 cm³/mol. The molecule has 2 N–H and O–H groups in total. The number of hydrogen-bond donors (Lipinski definition) is 1. The van der Waals surface area contributed by atoms with Crippen LogP contribution in [0, 0.1) is 0 Å². The molecule has 0 aliphatic carbocycles. The summed E-state index contributed by atoms with van der Waals surface area (Å²) < 4.78 is 4.87. The lowest BCUT2D eigenvalue weighted by Gasteiger charge is -2.06. The van der Waals surface area contributed by atoms with Crippen molar-refractivity contribution in [2.45, 2.75) is 17.8 Å². The van der Waals surface area contributed by atoms with Gasteiger partial charge in [0.15, 0.2) is 5.16 Å². The normalized spacial score (nSPS) is 10.4. The summed E-state index contributed by atoms with van der Waals surface area (Å²) in [5, 5.41) is 1.21. The fourth-order valence-electron chi connectivity index (χ4n) is 1.54. The number of halogens is 1. The molecule has 110 valence electrons. The molecule has 1 heterocycles. The van der Waals surface area contributed by atoms with Gasteiger partial charge in [-0.2, -0.15) is 0 Å². The van der Waals surface area contributed by atoms with Crippen LogP contribution in [0.4, 0.5) is 5.82 Å². The highest BCUT2D eigenvalue weighted by Crippen LogP contribution is 2.22. The van der Waals surface area contributed by atoms with Crippen LogP contribution < -0.4 is 5.73 Å². The van der Waals surface area contributed by atoms with E-state index in [0.29, 0.717) is 15.9 Å². The van der Waals surface area contributed by atoms with Crippen LogP contribution >= 0.6 is 23.4 Å². The van der Waals surface area contributed by atoms with E-state index in [-0.39, 0.29) is 18.0 Å². The molecule has 2 rings (SSSR count). The summed E-state index contributed by atoms with van der Waals surface area (Å²) in [6, 6.07) is 7.53. The SMILES string of the molecule is CCOC(=O)c1cnc(SCc2ccc(Cl)cc2)nc1N. The van der Waals surface area contributed by atoms with Crippen molar-refractivity contribution in [1.29, 1.82) is 0 Å². The van der Waals surface area contributed by atoms with E-state index in [0.717, 1.165) is 5.56 Å². The zero-order valence-corrected chi connectivity index (χ0v) is 12.9. The minimum atomic E-state index is -0.510. The Balaban J connectivity index is 2.03. The molecule has 0 unspecified atom stereocenters. The van der Waals surface area contributed by atoms with Crippen LogP contribution in [0.15, 0.2) is 35.6 Å². The van der Waals surface area contributed by atoms with Gasteiger partial charge in [-0.1, -0.05) is 35.5 Å². The van der Waals surface area contributed by atoms with Gasteiger partial charge in [0.25, 0.3) is 0 Å². The van der Waals surface area contributed by atoms with Crippen molar-refractivity contribution < 1.29 is 9.53 Å². The van der Waals surface area contributed by atoms with Crippen LogP contribution in [0.1, 0.15) is 22.8 Å². The minimum Gasteiger partial charge on any atom is -0.462 e. The maximum Gasteiger partial charge on any atom is 0.343 e. The first kappa shape index (κ1) is 15.6. The first-order valence-electron chi connectivity index (χ1n) is 6.27. The van der Waals surface area contributed by atoms with E-state index in [1.54, 1.807) is 6.92 Å². The molecule has 0 saturated carbocycles. The van der Waals surface area contributed by atoms with Crippen molar-refractivity contribution in [3.05, 3.63) is 46.6 Å². The molecule has 0 aliphatic rings. The molecular weight excluding hydrogens is 310 g/mol. The second-order valence-corrected chi connectivity index (χ2v) is 5.47. The van der Waals surface area contributed by atoms with Gasteiger partial charge in [0.2, 0.25) is 0 Å². The molecule has 0 bridgehead atoms. The molecule has 0 fully saturated rings. The van der Waals surface area contributed by atoms with Gasteiger partial charge in [-0.15, -0.1) is 0 Å². The molecule has 21 heavy (non-hydrogen) atoms. The molecule has 1 aromatic heterocycles. The number of rotatable bonds is 5. The number of esters is 1. The minimum absolute atomic E-state index is 0.127. The summed E-state index contributed by atoms with van der Waals surface area (Å²) in [6.07, 6.45) is 1.39. The molecular formula is C14H14ClN3O2S. The Morgan fingerprint density at radius 1 is 1.38 bits per heavy atom. The van der Waals surface area contributed by atoms with Crippen molar-refractivity contribution >= 4 is 35.1 Å². The average Bonchev–Trinajstić information content (AvgIpc) is 2.47. The largest absolute Gasteiger partial charge is 0.462 e. The van der Waals surface area contributed by atoms with E-state index in [4.69, 9.17) is 22.1 Å². The number of thioether (sulfide) groups is 1. The lowest BCUT2D eigenvalue weighted by Crippen LogP contribution is -2.10. The molecule has 0 saturated heterocycles. The van der Waals surface area contributed by atoms with E-state index < -0.39 is 5.97 Å². The Bertz CT molecular complexity index is 635. The molecule has 0 atom stereocenters. The number of nitrogen functional groups attached to an aromatic ring is 1. The topological polar surface area (TPSA) is 78.1 Å². The second-order valence-electron chi connectivity index (χ2n) is 4.09. The van der Waals surface area contributed by atoms with Gasteiger partial charge < -0.3 is 10.5 Å². The van der Waals surface area contributed by atoms with Crippen LogP contribution in [0.2, 0.25) is 5.02 Å². The van der Waals surface area contributed by atoms with E-state index in [2.05, 4.69) is 9.97 Å². The van der Waals surface area contributed by atoms with Crippen molar-refractivity contribution in [1.82, 2.24) is 9.97 Å². The van der Waals surface area contributed by atoms with Crippen molar-refractivity contribution in [2.75, 3.05) is 12.3 Å². The Labute approximate surface area is 131 Å². The zero-order valence-electron chi connectivity index (χ0n) is 11.4. The Morgan fingerprint density at radius 3 is 2.71 bits per heavy atom. The fraction of sp³-hybridized carbons (Fsp3) is 0.214. The van der Waals surface area contributed by atoms with Gasteiger partial charge in [0, 0.05) is 17.0 Å². The van der Waals surface area contributed by atoms with Crippen LogP contribution in [0.3, 0.4) is 0 Å². The van der Waals surface area contributed by atoms with Gasteiger partial charge in [-0.05, 0) is 24.6 Å². The maximum absolute atomic E-state index is 11.6. The van der Waals surface area contributed by atoms with Crippen LogP contribution in [-0.2, 0) is 10.5 Å². The zero-order chi connectivity index (χ0) is 15.2. The van der Waals surface area contributed by atoms with Crippen molar-refractivity contribution in [3.63, 3.8) is 0 Å². The number of ether oxygens (including phenoxy) is 1. The summed E-state index contributed by atoms with van der Waals surface area (Å²) in [5.41, 5.74) is 7.04. The molecule has 1 aromatic carbocycles. The molecule has 0 aliphatic heterocycles. The summed E-state index contributed by atoms with van der Waals surface area (Å²) in [4.78, 5) is 19.8. The van der Waals surface area contributed by atoms with Crippen molar-refractivity contribution in [2.24, 2.45) is 0 Å². The maximum atomic E-state index is 11.6. The summed E-state index contributed by atoms with van der Waals surface area (Å²) >= 11 is 7.26. The Hall–Kier alpha value is -1.79. The number of anilines is 1. The highest BCUT2D eigenvalue weighted by molar-refractivity contribution is 7.98. The van der Waals surface area contributed by atoms with E-state index >= 15 is 0 Å². The lowest BCUT2D eigenvalue weighted by molar-refractivity contribution is 0.0526. The van der Waals surface area contributed by atoms with E-state index in [9.17, 15) is 4.79 Å². The highest BCUT2D eigenvalue weighted by Gasteiger charge is 2.13. The molecule has 0 amide bonds. The van der Waals surface area contributed by atoms with Crippen molar-refractivity contribution in [3.8, 4) is 0 Å². The molecule has 7 heteroatoms. The average molecular weight is 324 g/mol. The highest BCUT2D eigenvalue weighted by atomic mass is 35.5. The number of benzene rings is 1. The van der Waals surface area contributed by atoms with Crippen LogP contribution in [0.5, 0.6) is 0 Å². The number of carbonyl (C=O) groups is 1. The number of nitrogens with two attached hydrogens (primary N) is 1. The number of nitrogens with zero attached hydrogens (tertiary/aromatic N) is 2. The number of hydrogen-bond acceptors (Lipinski definition) is 6. The van der Waals surface area contributed by atoms with Crippen LogP contribution in [-0.4, -0.2) is 22.5 Å². The van der Waals surface area contributed by atoms with Gasteiger partial charge >= 0.3 is 5.97 Å². The third kappa shape index (κ3) is 4.34. The van der Waals surface area contributed by atoms with Gasteiger partial charge in [-0.25, -0.2) is 14.8 Å². The lowest BCUT2D eigenvalue weighted by atomic mass is 10.2. The first-order valence-corrected chi connectivity index (χ1v) is 7.63. The summed E-state index contributed by atoms with van der Waals surface area (Å²) in [6.45, 7) is 2.01. The van der Waals surface area contributed by atoms with Gasteiger partial charge in [0.1, 0.15) is 11.4 Å². The number of carbonyl (C=O) groups excluding carboxylic acids is 1. The van der Waals surface area contributed by atoms with Crippen LogP contribution in [0.25, 0.3) is 0 Å². The Kier molecular flexibility index (Phi) is 5.41. The third-order valence-corrected chi connectivity index (χ3v) is 3.76. The van der Waals surface area contributed by atoms with E-state index in [1.807, 2.05) is 24.3 Å². The Morgan fingerprint density at radius 2 is 2.10 bits per heavy atom. The first-order chi connectivity index (χ1) is 10.1. The smallest absolute Gasteiger partial charge is 0.343 e. The molecule has 0 spiro atoms. The standard InChI is InChI=1S/C14H14ClN3O2S/c1-2-20-13(19)11-7-17-14(18-12(11)16)21-8-9-3-5-10(15)6-4-9/h3-7H,2,8H2,1H3,(H2,16,17,18). The monoisotopic (exact) mass is 323 g/mol. The molecule has 2 aromatic rings. The molecule has 0 radical (unpaired) electrons. The summed E-state index contributed by atoms with van der Waals surface area (Å²) in [5.74, 6) is 0.307. The quantitative estimate of drug-likeness (QED) is 0.517. The third-order valence-electron chi connectivity index (χ3n) is 2.57. The predicted octanol–water partition coefficient (Wildman–Crippen LogP) is 3.18. The fourth-order valence-corrected chi connectivity index (χ4v) is 2.45. The number of aromatic nitrogens is 2. The van der Waals surface area contributed by atoms with Gasteiger partial charge in [-0.3, -0.25) is 0 Å².